The highest BCUT2D eigenvalue weighted by atomic mass is 17.0. The van der Waals surface area contributed by atoms with E-state index < -0.39 is 0 Å². The molecule has 0 radical (unpaired) electrons. The lowest BCUT2D eigenvalue weighted by Gasteiger charge is -2.14. The number of rotatable bonds is 3. The molecule has 0 heterocycles. The molecule has 0 aromatic heterocycles. The van der Waals surface area contributed by atoms with Gasteiger partial charge in [0.2, 0.25) is 0 Å². The van der Waals surface area contributed by atoms with Gasteiger partial charge in [-0.25, -0.2) is 0 Å². The molecule has 2 aromatic rings. The van der Waals surface area contributed by atoms with Crippen LogP contribution in [0.4, 0.5) is 0 Å². The third kappa shape index (κ3) is 14.0. The summed E-state index contributed by atoms with van der Waals surface area (Å²) >= 11 is 0. The van der Waals surface area contributed by atoms with E-state index in [2.05, 4.69) is 90.1 Å². The van der Waals surface area contributed by atoms with E-state index in [4.69, 9.17) is 31.5 Å². The lowest BCUT2D eigenvalue weighted by Crippen LogP contribution is -1.97. The van der Waals surface area contributed by atoms with Gasteiger partial charge >= 0.3 is 0 Å². The van der Waals surface area contributed by atoms with Crippen molar-refractivity contribution < 1.29 is 31.5 Å². The molecular formula is C21H36O6. The largest absolute Gasteiger partial charge is 0.255 e. The molecule has 0 fully saturated rings. The van der Waals surface area contributed by atoms with Crippen molar-refractivity contribution in [3.8, 4) is 0 Å². The van der Waals surface area contributed by atoms with Crippen molar-refractivity contribution in [2.24, 2.45) is 0 Å². The van der Waals surface area contributed by atoms with Crippen molar-refractivity contribution in [2.75, 3.05) is 0 Å². The van der Waals surface area contributed by atoms with Crippen LogP contribution in [-0.2, 0) is 0 Å². The monoisotopic (exact) mass is 384 g/mol. The third-order valence-electron chi connectivity index (χ3n) is 3.71. The Morgan fingerprint density at radius 2 is 0.741 bits per heavy atom. The maximum Gasteiger partial charge on any atom is -0.0216 e. The second-order valence-electron chi connectivity index (χ2n) is 6.50. The summed E-state index contributed by atoms with van der Waals surface area (Å²) in [6.07, 6.45) is 0. The molecule has 0 unspecified atom stereocenters. The van der Waals surface area contributed by atoms with Crippen LogP contribution in [0.15, 0.2) is 54.6 Å². The summed E-state index contributed by atoms with van der Waals surface area (Å²) in [6, 6.07) is 19.2. The molecular weight excluding hydrogens is 348 g/mol. The Morgan fingerprint density at radius 3 is 0.963 bits per heavy atom. The Labute approximate surface area is 162 Å². The van der Waals surface area contributed by atoms with Crippen molar-refractivity contribution in [1.29, 1.82) is 0 Å². The molecule has 2 rings (SSSR count). The van der Waals surface area contributed by atoms with Gasteiger partial charge in [-0.1, -0.05) is 96.1 Å². The van der Waals surface area contributed by atoms with Gasteiger partial charge in [0, 0.05) is 0 Å². The first-order valence-electron chi connectivity index (χ1n) is 8.67. The minimum atomic E-state index is 0.642. The minimum Gasteiger partial charge on any atom is -0.255 e. The van der Waals surface area contributed by atoms with Gasteiger partial charge < -0.3 is 0 Å². The van der Waals surface area contributed by atoms with E-state index in [9.17, 15) is 0 Å². The van der Waals surface area contributed by atoms with Crippen molar-refractivity contribution in [2.45, 2.75) is 59.3 Å². The molecule has 0 spiro atoms. The van der Waals surface area contributed by atoms with E-state index in [1.165, 1.54) is 16.7 Å². The van der Waals surface area contributed by atoms with E-state index in [0.717, 1.165) is 0 Å². The zero-order valence-electron chi connectivity index (χ0n) is 17.1. The fourth-order valence-electron chi connectivity index (χ4n) is 2.40. The SMILES string of the molecule is CC(C)c1ccccc1.CC(C)c1ccccc1C(C)C.OO.OO.OO. The van der Waals surface area contributed by atoms with Crippen LogP contribution in [0.2, 0.25) is 0 Å². The number of benzene rings is 2. The van der Waals surface area contributed by atoms with E-state index in [1.54, 1.807) is 0 Å². The molecule has 156 valence electrons. The number of hydrogen-bond acceptors (Lipinski definition) is 6. The average Bonchev–Trinajstić information content (AvgIpc) is 2.73. The first-order chi connectivity index (χ1) is 12.9. The Kier molecular flexibility index (Phi) is 22.7. The van der Waals surface area contributed by atoms with Crippen LogP contribution in [0, 0.1) is 0 Å². The highest BCUT2D eigenvalue weighted by Gasteiger charge is 2.07. The van der Waals surface area contributed by atoms with Gasteiger partial charge in [-0.05, 0) is 34.4 Å². The standard InChI is InChI=1S/C12H18.C9H12.3H2O2/c1-9(2)11-7-5-6-8-12(11)10(3)4;1-8(2)9-6-4-3-5-7-9;3*1-2/h5-10H,1-4H3;3-8H,1-2H3;3*1-2H. The van der Waals surface area contributed by atoms with Gasteiger partial charge in [0.05, 0.1) is 0 Å². The molecule has 0 aliphatic carbocycles. The van der Waals surface area contributed by atoms with Gasteiger partial charge in [-0.15, -0.1) is 0 Å². The Morgan fingerprint density at radius 1 is 0.444 bits per heavy atom. The fourth-order valence-corrected chi connectivity index (χ4v) is 2.40. The van der Waals surface area contributed by atoms with E-state index >= 15 is 0 Å². The first kappa shape index (κ1) is 29.9. The smallest absolute Gasteiger partial charge is 0.0216 e. The minimum absolute atomic E-state index is 0.642. The summed E-state index contributed by atoms with van der Waals surface area (Å²) in [5.41, 5.74) is 4.40. The second-order valence-corrected chi connectivity index (χ2v) is 6.50. The molecule has 27 heavy (non-hydrogen) atoms. The van der Waals surface area contributed by atoms with Crippen LogP contribution in [0.3, 0.4) is 0 Å². The Hall–Kier alpha value is -1.80. The summed E-state index contributed by atoms with van der Waals surface area (Å²) in [7, 11) is 0. The first-order valence-corrected chi connectivity index (χ1v) is 8.67. The molecule has 6 heteroatoms. The highest BCUT2D eigenvalue weighted by Crippen LogP contribution is 2.25. The van der Waals surface area contributed by atoms with Crippen LogP contribution in [0.1, 0.15) is 76.0 Å². The summed E-state index contributed by atoms with van der Waals surface area (Å²) in [5, 5.41) is 36.0. The Balaban J connectivity index is -0.000000341. The third-order valence-corrected chi connectivity index (χ3v) is 3.71. The molecule has 0 amide bonds. The zero-order valence-corrected chi connectivity index (χ0v) is 17.1. The molecule has 2 aromatic carbocycles. The predicted molar refractivity (Wildman–Crippen MR) is 111 cm³/mol. The number of hydrogen-bond donors (Lipinski definition) is 6. The van der Waals surface area contributed by atoms with E-state index in [-0.39, 0.29) is 0 Å². The van der Waals surface area contributed by atoms with Gasteiger partial charge in [0.1, 0.15) is 0 Å². The van der Waals surface area contributed by atoms with Crippen molar-refractivity contribution in [1.82, 2.24) is 0 Å². The summed E-state index contributed by atoms with van der Waals surface area (Å²) in [6.45, 7) is 13.4. The van der Waals surface area contributed by atoms with Gasteiger partial charge in [0.15, 0.2) is 0 Å². The van der Waals surface area contributed by atoms with E-state index in [0.29, 0.717) is 17.8 Å². The quantitative estimate of drug-likeness (QED) is 0.256. The summed E-state index contributed by atoms with van der Waals surface area (Å²) in [5.74, 6) is 1.94. The summed E-state index contributed by atoms with van der Waals surface area (Å²) in [4.78, 5) is 0. The van der Waals surface area contributed by atoms with Gasteiger partial charge in [-0.2, -0.15) is 0 Å². The molecule has 0 aliphatic heterocycles. The molecule has 0 bridgehead atoms. The van der Waals surface area contributed by atoms with Crippen molar-refractivity contribution >= 4 is 0 Å². The predicted octanol–water partition coefficient (Wildman–Crippen LogP) is 6.80. The van der Waals surface area contributed by atoms with Crippen LogP contribution < -0.4 is 0 Å². The lowest BCUT2D eigenvalue weighted by molar-refractivity contribution is -0.176. The molecule has 0 aliphatic rings. The highest BCUT2D eigenvalue weighted by molar-refractivity contribution is 5.31. The maximum atomic E-state index is 6.00. The van der Waals surface area contributed by atoms with Crippen LogP contribution >= 0.6 is 0 Å². The van der Waals surface area contributed by atoms with E-state index in [1.807, 2.05) is 6.07 Å². The normalized spacial score (nSPS) is 9.00. The Bertz CT molecular complexity index is 500. The lowest BCUT2D eigenvalue weighted by atomic mass is 9.91. The van der Waals surface area contributed by atoms with Crippen LogP contribution in [0.5, 0.6) is 0 Å². The molecule has 0 saturated carbocycles. The van der Waals surface area contributed by atoms with Crippen LogP contribution in [0.25, 0.3) is 0 Å². The topological polar surface area (TPSA) is 121 Å². The van der Waals surface area contributed by atoms with Gasteiger partial charge in [-0.3, -0.25) is 31.5 Å². The maximum absolute atomic E-state index is 6.00. The molecule has 0 atom stereocenters. The van der Waals surface area contributed by atoms with Crippen LogP contribution in [-0.4, -0.2) is 31.5 Å². The van der Waals surface area contributed by atoms with Crippen molar-refractivity contribution in [3.05, 3.63) is 71.3 Å². The molecule has 6 nitrogen and oxygen atoms in total. The molecule has 0 saturated heterocycles. The van der Waals surface area contributed by atoms with Crippen molar-refractivity contribution in [3.63, 3.8) is 0 Å². The molecule has 6 N–H and O–H groups in total. The zero-order chi connectivity index (χ0) is 21.8. The average molecular weight is 385 g/mol. The van der Waals surface area contributed by atoms with Gasteiger partial charge in [0.25, 0.3) is 0 Å². The second kappa shape index (κ2) is 20.5. The fraction of sp³-hybridized carbons (Fsp3) is 0.429. The summed E-state index contributed by atoms with van der Waals surface area (Å²) < 4.78 is 0.